The molecule has 7 heteroatoms. The zero-order chi connectivity index (χ0) is 18.9. The molecule has 0 aliphatic rings. The van der Waals surface area contributed by atoms with Gasteiger partial charge in [0.05, 0.1) is 21.9 Å². The molecule has 0 aliphatic heterocycles. The highest BCUT2D eigenvalue weighted by Gasteiger charge is 2.40. The molecule has 0 fully saturated rings. The van der Waals surface area contributed by atoms with Gasteiger partial charge in [-0.25, -0.2) is 0 Å². The molecular formula is C19H14Br2F3NO. The van der Waals surface area contributed by atoms with Crippen LogP contribution in [0.25, 0.3) is 11.3 Å². The summed E-state index contributed by atoms with van der Waals surface area (Å²) in [6.07, 6.45) is -4.48. The van der Waals surface area contributed by atoms with Crippen molar-refractivity contribution in [3.8, 4) is 17.0 Å². The lowest BCUT2D eigenvalue weighted by molar-refractivity contribution is -0.138. The Bertz CT molecular complexity index is 903. The van der Waals surface area contributed by atoms with Gasteiger partial charge in [-0.15, -0.1) is 0 Å². The van der Waals surface area contributed by atoms with Crippen LogP contribution in [0, 0.1) is 0 Å². The fourth-order valence-corrected chi connectivity index (χ4v) is 4.59. The van der Waals surface area contributed by atoms with Gasteiger partial charge in [-0.3, -0.25) is 0 Å². The Labute approximate surface area is 165 Å². The lowest BCUT2D eigenvalue weighted by atomic mass is 10.1. The van der Waals surface area contributed by atoms with Crippen molar-refractivity contribution in [2.45, 2.75) is 12.7 Å². The second-order valence-electron chi connectivity index (χ2n) is 5.63. The van der Waals surface area contributed by atoms with E-state index >= 15 is 0 Å². The highest BCUT2D eigenvalue weighted by atomic mass is 79.9. The van der Waals surface area contributed by atoms with Gasteiger partial charge in [-0.05, 0) is 55.1 Å². The van der Waals surface area contributed by atoms with Gasteiger partial charge in [0.1, 0.15) is 11.3 Å². The van der Waals surface area contributed by atoms with Gasteiger partial charge in [-0.2, -0.15) is 13.2 Å². The minimum atomic E-state index is -4.48. The summed E-state index contributed by atoms with van der Waals surface area (Å²) >= 11 is 6.33. The van der Waals surface area contributed by atoms with Crippen LogP contribution in [0.3, 0.4) is 0 Å². The second-order valence-corrected chi connectivity index (χ2v) is 7.17. The molecule has 3 rings (SSSR count). The highest BCUT2D eigenvalue weighted by Crippen LogP contribution is 2.46. The van der Waals surface area contributed by atoms with Crippen molar-refractivity contribution in [1.82, 2.24) is 4.57 Å². The fourth-order valence-electron chi connectivity index (χ4n) is 2.74. The SMILES string of the molecule is COc1ccc(Cn2c(Br)c(C(F)(F)F)c(Br)c2-c2ccccc2)cc1. The number of aromatic nitrogens is 1. The van der Waals surface area contributed by atoms with Gasteiger partial charge >= 0.3 is 6.18 Å². The Morgan fingerprint density at radius 2 is 1.58 bits per heavy atom. The van der Waals surface area contributed by atoms with Crippen LogP contribution < -0.4 is 4.74 Å². The van der Waals surface area contributed by atoms with E-state index in [2.05, 4.69) is 31.9 Å². The normalized spacial score (nSPS) is 11.6. The Morgan fingerprint density at radius 1 is 0.962 bits per heavy atom. The fraction of sp³-hybridized carbons (Fsp3) is 0.158. The van der Waals surface area contributed by atoms with Crippen molar-refractivity contribution in [1.29, 1.82) is 0 Å². The zero-order valence-electron chi connectivity index (χ0n) is 13.6. The van der Waals surface area contributed by atoms with Crippen molar-refractivity contribution in [2.24, 2.45) is 0 Å². The van der Waals surface area contributed by atoms with Crippen molar-refractivity contribution >= 4 is 31.9 Å². The number of hydrogen-bond acceptors (Lipinski definition) is 1. The smallest absolute Gasteiger partial charge is 0.420 e. The van der Waals surface area contributed by atoms with Crippen molar-refractivity contribution in [2.75, 3.05) is 7.11 Å². The van der Waals surface area contributed by atoms with Gasteiger partial charge in [0.2, 0.25) is 0 Å². The number of rotatable bonds is 4. The van der Waals surface area contributed by atoms with Crippen LogP contribution in [0.4, 0.5) is 13.2 Å². The van der Waals surface area contributed by atoms with E-state index in [0.29, 0.717) is 17.0 Å². The van der Waals surface area contributed by atoms with Crippen molar-refractivity contribution < 1.29 is 17.9 Å². The third-order valence-electron chi connectivity index (χ3n) is 3.97. The molecule has 1 aromatic heterocycles. The quantitative estimate of drug-likeness (QED) is 0.396. The summed E-state index contributed by atoms with van der Waals surface area (Å²) in [5.41, 5.74) is 1.31. The number of methoxy groups -OCH3 is 1. The van der Waals surface area contributed by atoms with Crippen LogP contribution in [0.1, 0.15) is 11.1 Å². The van der Waals surface area contributed by atoms with E-state index in [1.807, 2.05) is 18.2 Å². The lowest BCUT2D eigenvalue weighted by Crippen LogP contribution is -2.07. The maximum atomic E-state index is 13.6. The van der Waals surface area contributed by atoms with Crippen LogP contribution in [0.15, 0.2) is 63.7 Å². The minimum absolute atomic E-state index is 0.00783. The first-order valence-corrected chi connectivity index (χ1v) is 9.24. The van der Waals surface area contributed by atoms with E-state index in [0.717, 1.165) is 5.56 Å². The number of benzene rings is 2. The molecule has 26 heavy (non-hydrogen) atoms. The number of hydrogen-bond donors (Lipinski definition) is 0. The lowest BCUT2D eigenvalue weighted by Gasteiger charge is -2.12. The Morgan fingerprint density at radius 3 is 2.12 bits per heavy atom. The standard InChI is InChI=1S/C19H14Br2F3NO/c1-26-14-9-7-12(8-10-14)11-25-17(13-5-3-2-4-6-13)16(20)15(18(25)21)19(22,23)24/h2-10H,11H2,1H3. The number of nitrogens with zero attached hydrogens (tertiary/aromatic N) is 1. The first kappa shape index (κ1) is 19.0. The van der Waals surface area contributed by atoms with Crippen molar-refractivity contribution in [3.63, 3.8) is 0 Å². The van der Waals surface area contributed by atoms with Crippen LogP contribution in [-0.2, 0) is 12.7 Å². The van der Waals surface area contributed by atoms with Gasteiger partial charge in [0.15, 0.2) is 0 Å². The van der Waals surface area contributed by atoms with Crippen LogP contribution in [0.2, 0.25) is 0 Å². The summed E-state index contributed by atoms with van der Waals surface area (Å²) in [5, 5.41) is 0. The average Bonchev–Trinajstić information content (AvgIpc) is 2.86. The van der Waals surface area contributed by atoms with Crippen LogP contribution >= 0.6 is 31.9 Å². The second kappa shape index (κ2) is 7.48. The van der Waals surface area contributed by atoms with E-state index in [4.69, 9.17) is 4.74 Å². The summed E-state index contributed by atoms with van der Waals surface area (Å²) in [7, 11) is 1.57. The number of ether oxygens (including phenoxy) is 1. The number of halogens is 5. The molecule has 2 aromatic carbocycles. The molecule has 0 aliphatic carbocycles. The molecule has 3 aromatic rings. The van der Waals surface area contributed by atoms with Gasteiger partial charge in [0, 0.05) is 6.54 Å². The molecule has 0 atom stereocenters. The van der Waals surface area contributed by atoms with Crippen LogP contribution in [0.5, 0.6) is 5.75 Å². The van der Waals surface area contributed by atoms with E-state index in [9.17, 15) is 13.2 Å². The molecular weight excluding hydrogens is 475 g/mol. The topological polar surface area (TPSA) is 14.2 Å². The molecule has 0 radical (unpaired) electrons. The summed E-state index contributed by atoms with van der Waals surface area (Å²) in [6, 6.07) is 16.2. The first-order chi connectivity index (χ1) is 12.3. The molecule has 136 valence electrons. The molecule has 0 amide bonds. The molecule has 0 saturated carbocycles. The van der Waals surface area contributed by atoms with Crippen molar-refractivity contribution in [3.05, 3.63) is 74.8 Å². The minimum Gasteiger partial charge on any atom is -0.497 e. The predicted octanol–water partition coefficient (Wildman–Crippen LogP) is 6.76. The van der Waals surface area contributed by atoms with E-state index < -0.39 is 11.7 Å². The highest BCUT2D eigenvalue weighted by molar-refractivity contribution is 9.11. The maximum absolute atomic E-state index is 13.6. The zero-order valence-corrected chi connectivity index (χ0v) is 16.8. The summed E-state index contributed by atoms with van der Waals surface area (Å²) < 4.78 is 47.5. The largest absolute Gasteiger partial charge is 0.497 e. The molecule has 2 nitrogen and oxygen atoms in total. The molecule has 0 saturated heterocycles. The maximum Gasteiger partial charge on any atom is 0.420 e. The Hall–Kier alpha value is -1.73. The Balaban J connectivity index is 2.16. The van der Waals surface area contributed by atoms with E-state index in [1.54, 1.807) is 48.1 Å². The summed E-state index contributed by atoms with van der Waals surface area (Å²) in [6.45, 7) is 0.281. The molecule has 0 bridgehead atoms. The first-order valence-electron chi connectivity index (χ1n) is 7.66. The monoisotopic (exact) mass is 487 g/mol. The van der Waals surface area contributed by atoms with E-state index in [-0.39, 0.29) is 15.6 Å². The summed E-state index contributed by atoms with van der Waals surface area (Å²) in [4.78, 5) is 0. The average molecular weight is 489 g/mol. The molecule has 0 spiro atoms. The van der Waals surface area contributed by atoms with E-state index in [1.165, 1.54) is 0 Å². The molecule has 0 N–H and O–H groups in total. The van der Waals surface area contributed by atoms with Crippen LogP contribution in [-0.4, -0.2) is 11.7 Å². The number of alkyl halides is 3. The molecule has 0 unspecified atom stereocenters. The van der Waals surface area contributed by atoms with Gasteiger partial charge < -0.3 is 9.30 Å². The Kier molecular flexibility index (Phi) is 5.48. The third kappa shape index (κ3) is 3.69. The summed E-state index contributed by atoms with van der Waals surface area (Å²) in [5.74, 6) is 0.695. The molecule has 1 heterocycles. The van der Waals surface area contributed by atoms with Gasteiger partial charge in [-0.1, -0.05) is 42.5 Å². The van der Waals surface area contributed by atoms with Gasteiger partial charge in [0.25, 0.3) is 0 Å². The third-order valence-corrected chi connectivity index (χ3v) is 5.57. The predicted molar refractivity (Wildman–Crippen MR) is 102 cm³/mol.